The van der Waals surface area contributed by atoms with Crippen LogP contribution < -0.4 is 0 Å². The summed E-state index contributed by atoms with van der Waals surface area (Å²) in [6.45, 7) is 6.07. The van der Waals surface area contributed by atoms with Gasteiger partial charge < -0.3 is 5.11 Å². The molecule has 0 amide bonds. The normalized spacial score (nSPS) is 15.8. The first-order chi connectivity index (χ1) is 12.3. The summed E-state index contributed by atoms with van der Waals surface area (Å²) in [4.78, 5) is 11.1. The Morgan fingerprint density at radius 3 is 1.88 bits per heavy atom. The van der Waals surface area contributed by atoms with Crippen LogP contribution in [0, 0.1) is 10.8 Å². The number of benzene rings is 1. The van der Waals surface area contributed by atoms with Crippen molar-refractivity contribution in [2.24, 2.45) is 10.8 Å². The molecule has 2 heteroatoms. The zero-order chi connectivity index (χ0) is 19.0. The topological polar surface area (TPSA) is 37.3 Å². The summed E-state index contributed by atoms with van der Waals surface area (Å²) in [6.07, 6.45) is 14.7. The van der Waals surface area contributed by atoms with Crippen molar-refractivity contribution in [1.82, 2.24) is 0 Å². The van der Waals surface area contributed by atoms with Gasteiger partial charge in [-0.3, -0.25) is 4.79 Å². The molecule has 146 valence electrons. The number of carbonyl (C=O) groups is 1. The molecule has 0 bridgehead atoms. The van der Waals surface area contributed by atoms with E-state index in [1.807, 2.05) is 13.8 Å². The van der Waals surface area contributed by atoms with Gasteiger partial charge >= 0.3 is 5.97 Å². The number of hydrogen-bond acceptors (Lipinski definition) is 1. The van der Waals surface area contributed by atoms with Crippen LogP contribution >= 0.6 is 0 Å². The van der Waals surface area contributed by atoms with E-state index in [1.54, 1.807) is 0 Å². The van der Waals surface area contributed by atoms with Crippen LogP contribution in [0.3, 0.4) is 0 Å². The van der Waals surface area contributed by atoms with Crippen molar-refractivity contribution in [3.05, 3.63) is 35.4 Å². The second-order valence-electron chi connectivity index (χ2n) is 9.44. The van der Waals surface area contributed by atoms with E-state index in [9.17, 15) is 4.79 Å². The molecule has 0 unspecified atom stereocenters. The lowest BCUT2D eigenvalue weighted by Crippen LogP contribution is -2.23. The highest BCUT2D eigenvalue weighted by molar-refractivity contribution is 5.73. The third kappa shape index (κ3) is 7.51. The predicted molar refractivity (Wildman–Crippen MR) is 110 cm³/mol. The van der Waals surface area contributed by atoms with Gasteiger partial charge in [0.25, 0.3) is 0 Å². The first kappa shape index (κ1) is 21.0. The van der Waals surface area contributed by atoms with Crippen LogP contribution in [0.2, 0.25) is 0 Å². The fourth-order valence-corrected chi connectivity index (χ4v) is 3.57. The van der Waals surface area contributed by atoms with E-state index in [1.165, 1.54) is 56.1 Å². The van der Waals surface area contributed by atoms with Crippen molar-refractivity contribution < 1.29 is 9.90 Å². The molecule has 1 fully saturated rings. The second kappa shape index (κ2) is 9.58. The minimum Gasteiger partial charge on any atom is -0.481 e. The summed E-state index contributed by atoms with van der Waals surface area (Å²) in [6, 6.07) is 9.15. The molecule has 2 nitrogen and oxygen atoms in total. The zero-order valence-electron chi connectivity index (χ0n) is 17.2. The van der Waals surface area contributed by atoms with Crippen molar-refractivity contribution in [1.29, 1.82) is 0 Å². The van der Waals surface area contributed by atoms with Crippen molar-refractivity contribution in [2.75, 3.05) is 0 Å². The lowest BCUT2D eigenvalue weighted by Gasteiger charge is -2.18. The SMILES string of the molecule is CC1(CCCCCc2ccc(CCCCCC(C)(C)C(=O)O)cc2)CC1. The average Bonchev–Trinajstić information content (AvgIpc) is 3.33. The predicted octanol–water partition coefficient (Wildman–Crippen LogP) is 6.80. The molecule has 1 saturated carbocycles. The van der Waals surface area contributed by atoms with Gasteiger partial charge in [-0.15, -0.1) is 0 Å². The van der Waals surface area contributed by atoms with E-state index < -0.39 is 11.4 Å². The lowest BCUT2D eigenvalue weighted by molar-refractivity contribution is -0.147. The molecule has 0 aliphatic heterocycles. The van der Waals surface area contributed by atoms with Gasteiger partial charge in [0.05, 0.1) is 5.41 Å². The van der Waals surface area contributed by atoms with Gasteiger partial charge in [-0.2, -0.15) is 0 Å². The van der Waals surface area contributed by atoms with Gasteiger partial charge in [0.1, 0.15) is 0 Å². The lowest BCUT2D eigenvalue weighted by atomic mass is 9.87. The standard InChI is InChI=1S/C24H38O2/c1-23(2,22(25)26)16-8-4-6-10-20-12-14-21(15-13-20)11-7-5-9-17-24(3)18-19-24/h12-15H,4-11,16-19H2,1-3H3,(H,25,26). The molecule has 1 N–H and O–H groups in total. The quantitative estimate of drug-likeness (QED) is 0.393. The molecular weight excluding hydrogens is 320 g/mol. The highest BCUT2D eigenvalue weighted by atomic mass is 16.4. The highest BCUT2D eigenvalue weighted by Crippen LogP contribution is 2.49. The average molecular weight is 359 g/mol. The number of unbranched alkanes of at least 4 members (excludes halogenated alkanes) is 4. The van der Waals surface area contributed by atoms with Crippen LogP contribution in [0.25, 0.3) is 0 Å². The molecule has 0 heterocycles. The summed E-state index contributed by atoms with van der Waals surface area (Å²) in [7, 11) is 0. The van der Waals surface area contributed by atoms with Crippen LogP contribution in [0.5, 0.6) is 0 Å². The molecule has 0 saturated heterocycles. The minimum atomic E-state index is -0.685. The Morgan fingerprint density at radius 2 is 1.42 bits per heavy atom. The van der Waals surface area contributed by atoms with E-state index in [0.717, 1.165) is 32.1 Å². The van der Waals surface area contributed by atoms with Gasteiger partial charge in [0, 0.05) is 0 Å². The second-order valence-corrected chi connectivity index (χ2v) is 9.44. The summed E-state index contributed by atoms with van der Waals surface area (Å²) in [5, 5.41) is 9.13. The van der Waals surface area contributed by atoms with Gasteiger partial charge in [0.15, 0.2) is 0 Å². The maximum Gasteiger partial charge on any atom is 0.309 e. The van der Waals surface area contributed by atoms with Gasteiger partial charge in [-0.25, -0.2) is 0 Å². The van der Waals surface area contributed by atoms with Crippen molar-refractivity contribution >= 4 is 5.97 Å². The zero-order valence-corrected chi connectivity index (χ0v) is 17.2. The Kier molecular flexibility index (Phi) is 7.73. The first-order valence-corrected chi connectivity index (χ1v) is 10.6. The van der Waals surface area contributed by atoms with Gasteiger partial charge in [0.2, 0.25) is 0 Å². The Morgan fingerprint density at radius 1 is 0.923 bits per heavy atom. The van der Waals surface area contributed by atoms with Crippen LogP contribution in [0.1, 0.15) is 96.1 Å². The number of aryl methyl sites for hydroxylation is 2. The smallest absolute Gasteiger partial charge is 0.309 e. The molecular formula is C24H38O2. The molecule has 0 spiro atoms. The molecule has 26 heavy (non-hydrogen) atoms. The monoisotopic (exact) mass is 358 g/mol. The Hall–Kier alpha value is -1.31. The number of hydrogen-bond donors (Lipinski definition) is 1. The summed E-state index contributed by atoms with van der Waals surface area (Å²) >= 11 is 0. The highest BCUT2D eigenvalue weighted by Gasteiger charge is 2.35. The maximum absolute atomic E-state index is 11.1. The Labute approximate surface area is 160 Å². The Balaban J connectivity index is 1.55. The molecule has 1 aliphatic carbocycles. The van der Waals surface area contributed by atoms with E-state index in [0.29, 0.717) is 5.41 Å². The third-order valence-corrected chi connectivity index (χ3v) is 6.22. The van der Waals surface area contributed by atoms with Gasteiger partial charge in [-0.1, -0.05) is 56.9 Å². The number of rotatable bonds is 13. The van der Waals surface area contributed by atoms with E-state index >= 15 is 0 Å². The molecule has 0 aromatic heterocycles. The molecule has 1 aromatic rings. The molecule has 2 rings (SSSR count). The Bertz CT molecular complexity index is 552. The van der Waals surface area contributed by atoms with Crippen LogP contribution in [-0.4, -0.2) is 11.1 Å². The third-order valence-electron chi connectivity index (χ3n) is 6.22. The fraction of sp³-hybridized carbons (Fsp3) is 0.708. The number of carboxylic acid groups (broad SMARTS) is 1. The van der Waals surface area contributed by atoms with E-state index in [2.05, 4.69) is 31.2 Å². The van der Waals surface area contributed by atoms with Crippen molar-refractivity contribution in [2.45, 2.75) is 97.8 Å². The van der Waals surface area contributed by atoms with Crippen molar-refractivity contribution in [3.63, 3.8) is 0 Å². The molecule has 0 atom stereocenters. The minimum absolute atomic E-state index is 0.585. The molecule has 1 aromatic carbocycles. The first-order valence-electron chi connectivity index (χ1n) is 10.6. The van der Waals surface area contributed by atoms with Crippen LogP contribution in [0.15, 0.2) is 24.3 Å². The largest absolute Gasteiger partial charge is 0.481 e. The van der Waals surface area contributed by atoms with E-state index in [-0.39, 0.29) is 0 Å². The molecule has 1 aliphatic rings. The summed E-state index contributed by atoms with van der Waals surface area (Å²) < 4.78 is 0. The fourth-order valence-electron chi connectivity index (χ4n) is 3.57. The van der Waals surface area contributed by atoms with Crippen LogP contribution in [-0.2, 0) is 17.6 Å². The van der Waals surface area contributed by atoms with Crippen molar-refractivity contribution in [3.8, 4) is 0 Å². The summed E-state index contributed by atoms with van der Waals surface area (Å²) in [5.74, 6) is -0.685. The maximum atomic E-state index is 11.1. The van der Waals surface area contributed by atoms with Gasteiger partial charge in [-0.05, 0) is 81.8 Å². The summed E-state index contributed by atoms with van der Waals surface area (Å²) in [5.41, 5.74) is 3.01. The molecule has 0 radical (unpaired) electrons. The van der Waals surface area contributed by atoms with Crippen LogP contribution in [0.4, 0.5) is 0 Å². The number of carboxylic acids is 1. The number of aliphatic carboxylic acids is 1. The van der Waals surface area contributed by atoms with E-state index in [4.69, 9.17) is 5.11 Å².